The number of anilines is 1. The molecule has 0 bridgehead atoms. The molecule has 0 aliphatic carbocycles. The van der Waals surface area contributed by atoms with E-state index in [4.69, 9.17) is 10.6 Å². The smallest absolute Gasteiger partial charge is 0.419 e. The van der Waals surface area contributed by atoms with Gasteiger partial charge in [0.05, 0.1) is 5.56 Å². The van der Waals surface area contributed by atoms with Crippen molar-refractivity contribution in [2.24, 2.45) is 5.84 Å². The summed E-state index contributed by atoms with van der Waals surface area (Å²) in [5.74, 6) is 4.14. The largest absolute Gasteiger partial charge is 0.457 e. The molecule has 2 aromatic rings. The van der Waals surface area contributed by atoms with Crippen molar-refractivity contribution in [1.82, 2.24) is 4.98 Å². The maximum Gasteiger partial charge on any atom is 0.419 e. The first kappa shape index (κ1) is 14.1. The summed E-state index contributed by atoms with van der Waals surface area (Å²) in [6, 6.07) is 5.20. The Balaban J connectivity index is 2.30. The first-order chi connectivity index (χ1) is 9.40. The fourth-order valence-electron chi connectivity index (χ4n) is 1.47. The van der Waals surface area contributed by atoms with Gasteiger partial charge in [0.1, 0.15) is 23.1 Å². The van der Waals surface area contributed by atoms with Crippen molar-refractivity contribution >= 4 is 5.82 Å². The van der Waals surface area contributed by atoms with E-state index < -0.39 is 17.6 Å². The second-order valence-corrected chi connectivity index (χ2v) is 3.76. The predicted octanol–water partition coefficient (Wildman–Crippen LogP) is 3.32. The van der Waals surface area contributed by atoms with Crippen LogP contribution in [0.25, 0.3) is 0 Å². The lowest BCUT2D eigenvalue weighted by molar-refractivity contribution is -0.140. The topological polar surface area (TPSA) is 60.2 Å². The van der Waals surface area contributed by atoms with Crippen molar-refractivity contribution < 1.29 is 22.3 Å². The van der Waals surface area contributed by atoms with E-state index in [1.807, 2.05) is 0 Å². The second-order valence-electron chi connectivity index (χ2n) is 3.76. The SMILES string of the molecule is NNc1cc(Oc2ccc(F)c(C(F)(F)F)c2)ccn1. The van der Waals surface area contributed by atoms with Crippen molar-refractivity contribution in [2.45, 2.75) is 6.18 Å². The number of pyridine rings is 1. The van der Waals surface area contributed by atoms with Gasteiger partial charge in [-0.2, -0.15) is 13.2 Å². The Morgan fingerprint density at radius 2 is 1.80 bits per heavy atom. The number of halogens is 4. The van der Waals surface area contributed by atoms with Crippen molar-refractivity contribution in [1.29, 1.82) is 0 Å². The number of hydrogen-bond donors (Lipinski definition) is 2. The molecule has 0 amide bonds. The summed E-state index contributed by atoms with van der Waals surface area (Å²) < 4.78 is 56.0. The van der Waals surface area contributed by atoms with Gasteiger partial charge in [-0.1, -0.05) is 0 Å². The summed E-state index contributed by atoms with van der Waals surface area (Å²) in [5.41, 5.74) is 0.879. The average Bonchev–Trinajstić information content (AvgIpc) is 2.40. The Labute approximate surface area is 111 Å². The number of nitrogens with zero attached hydrogens (tertiary/aromatic N) is 1. The van der Waals surface area contributed by atoms with Gasteiger partial charge in [0.15, 0.2) is 0 Å². The lowest BCUT2D eigenvalue weighted by Crippen LogP contribution is -2.08. The zero-order chi connectivity index (χ0) is 14.8. The molecule has 0 atom stereocenters. The minimum Gasteiger partial charge on any atom is -0.457 e. The number of ether oxygens (including phenoxy) is 1. The first-order valence-corrected chi connectivity index (χ1v) is 5.37. The third kappa shape index (κ3) is 3.15. The molecule has 0 aliphatic rings. The second kappa shape index (κ2) is 5.33. The maximum absolute atomic E-state index is 13.1. The summed E-state index contributed by atoms with van der Waals surface area (Å²) in [6.45, 7) is 0. The molecule has 1 heterocycles. The van der Waals surface area contributed by atoms with Crippen molar-refractivity contribution in [3.8, 4) is 11.5 Å². The molecule has 2 rings (SSSR count). The predicted molar refractivity (Wildman–Crippen MR) is 63.5 cm³/mol. The van der Waals surface area contributed by atoms with Crippen LogP contribution in [0.15, 0.2) is 36.5 Å². The number of aromatic nitrogens is 1. The van der Waals surface area contributed by atoms with Gasteiger partial charge in [-0.3, -0.25) is 0 Å². The molecule has 0 radical (unpaired) electrons. The summed E-state index contributed by atoms with van der Waals surface area (Å²) in [6.07, 6.45) is -3.43. The lowest BCUT2D eigenvalue weighted by Gasteiger charge is -2.11. The molecule has 0 unspecified atom stereocenters. The molecule has 20 heavy (non-hydrogen) atoms. The number of nitrogens with two attached hydrogens (primary N) is 1. The van der Waals surface area contributed by atoms with Gasteiger partial charge < -0.3 is 10.2 Å². The Kier molecular flexibility index (Phi) is 3.75. The molecule has 3 N–H and O–H groups in total. The molecular weight excluding hydrogens is 278 g/mol. The zero-order valence-corrected chi connectivity index (χ0v) is 9.91. The standard InChI is InChI=1S/C12H9F4N3O/c13-10-2-1-7(5-9(10)12(14,15)16)20-8-3-4-18-11(6-8)19-17/h1-6H,17H2,(H,18,19). The van der Waals surface area contributed by atoms with Gasteiger partial charge in [-0.05, 0) is 24.3 Å². The summed E-state index contributed by atoms with van der Waals surface area (Å²) in [7, 11) is 0. The molecule has 1 aromatic carbocycles. The minimum absolute atomic E-state index is 0.145. The highest BCUT2D eigenvalue weighted by Gasteiger charge is 2.34. The normalized spacial score (nSPS) is 11.2. The summed E-state index contributed by atoms with van der Waals surface area (Å²) in [4.78, 5) is 3.81. The van der Waals surface area contributed by atoms with E-state index in [0.717, 1.165) is 6.07 Å². The van der Waals surface area contributed by atoms with Crippen molar-refractivity contribution in [2.75, 3.05) is 5.43 Å². The van der Waals surface area contributed by atoms with Crippen LogP contribution in [0, 0.1) is 5.82 Å². The van der Waals surface area contributed by atoms with E-state index in [-0.39, 0.29) is 17.3 Å². The first-order valence-electron chi connectivity index (χ1n) is 5.37. The fourth-order valence-corrected chi connectivity index (χ4v) is 1.47. The quantitative estimate of drug-likeness (QED) is 0.516. The summed E-state index contributed by atoms with van der Waals surface area (Å²) in [5, 5.41) is 0. The van der Waals surface area contributed by atoms with Gasteiger partial charge in [0.25, 0.3) is 0 Å². The lowest BCUT2D eigenvalue weighted by atomic mass is 10.2. The Morgan fingerprint density at radius 3 is 2.45 bits per heavy atom. The van der Waals surface area contributed by atoms with E-state index in [1.54, 1.807) is 0 Å². The third-order valence-electron chi connectivity index (χ3n) is 2.36. The average molecular weight is 287 g/mol. The van der Waals surface area contributed by atoms with Gasteiger partial charge in [0, 0.05) is 12.3 Å². The fraction of sp³-hybridized carbons (Fsp3) is 0.0833. The number of nitrogens with one attached hydrogen (secondary N) is 1. The monoisotopic (exact) mass is 287 g/mol. The Morgan fingerprint density at radius 1 is 1.10 bits per heavy atom. The minimum atomic E-state index is -4.79. The Bertz CT molecular complexity index is 616. The molecule has 0 spiro atoms. The van der Waals surface area contributed by atoms with Gasteiger partial charge in [0.2, 0.25) is 0 Å². The van der Waals surface area contributed by atoms with Crippen LogP contribution >= 0.6 is 0 Å². The molecular formula is C12H9F4N3O. The van der Waals surface area contributed by atoms with E-state index >= 15 is 0 Å². The number of alkyl halides is 3. The molecule has 106 valence electrons. The van der Waals surface area contributed by atoms with E-state index in [2.05, 4.69) is 10.4 Å². The molecule has 0 aliphatic heterocycles. The zero-order valence-electron chi connectivity index (χ0n) is 9.91. The molecule has 0 saturated heterocycles. The number of nitrogen functional groups attached to an aromatic ring is 1. The highest BCUT2D eigenvalue weighted by Crippen LogP contribution is 2.34. The van der Waals surface area contributed by atoms with Crippen molar-refractivity contribution in [3.05, 3.63) is 47.9 Å². The Hall–Kier alpha value is -2.35. The van der Waals surface area contributed by atoms with Crippen LogP contribution in [0.4, 0.5) is 23.4 Å². The number of hydrogen-bond acceptors (Lipinski definition) is 4. The van der Waals surface area contributed by atoms with Crippen LogP contribution in [0.5, 0.6) is 11.5 Å². The highest BCUT2D eigenvalue weighted by molar-refractivity contribution is 5.42. The van der Waals surface area contributed by atoms with Crippen LogP contribution in [-0.4, -0.2) is 4.98 Å². The maximum atomic E-state index is 13.1. The van der Waals surface area contributed by atoms with E-state index in [1.165, 1.54) is 18.3 Å². The number of rotatable bonds is 3. The van der Waals surface area contributed by atoms with Crippen LogP contribution in [0.2, 0.25) is 0 Å². The van der Waals surface area contributed by atoms with Crippen LogP contribution < -0.4 is 16.0 Å². The van der Waals surface area contributed by atoms with E-state index in [9.17, 15) is 17.6 Å². The van der Waals surface area contributed by atoms with Crippen molar-refractivity contribution in [3.63, 3.8) is 0 Å². The number of benzene rings is 1. The van der Waals surface area contributed by atoms with Gasteiger partial charge in [-0.15, -0.1) is 0 Å². The molecule has 8 heteroatoms. The number of hydrazine groups is 1. The van der Waals surface area contributed by atoms with Gasteiger partial charge >= 0.3 is 6.18 Å². The molecule has 0 fully saturated rings. The van der Waals surface area contributed by atoms with Crippen LogP contribution in [0.3, 0.4) is 0 Å². The van der Waals surface area contributed by atoms with Crippen LogP contribution in [-0.2, 0) is 6.18 Å². The van der Waals surface area contributed by atoms with Gasteiger partial charge in [-0.25, -0.2) is 15.2 Å². The summed E-state index contributed by atoms with van der Waals surface area (Å²) >= 11 is 0. The molecule has 4 nitrogen and oxygen atoms in total. The molecule has 1 aromatic heterocycles. The highest BCUT2D eigenvalue weighted by atomic mass is 19.4. The van der Waals surface area contributed by atoms with Crippen LogP contribution in [0.1, 0.15) is 5.56 Å². The third-order valence-corrected chi connectivity index (χ3v) is 2.36. The van der Waals surface area contributed by atoms with E-state index in [0.29, 0.717) is 12.1 Å². The molecule has 0 saturated carbocycles.